The number of rotatable bonds is 5. The number of carbonyl (C=O) groups is 1. The normalized spacial score (nSPS) is 21.5. The van der Waals surface area contributed by atoms with E-state index in [-0.39, 0.29) is 17.9 Å². The van der Waals surface area contributed by atoms with Crippen molar-refractivity contribution in [1.82, 2.24) is 4.31 Å². The van der Waals surface area contributed by atoms with Crippen LogP contribution >= 0.6 is 0 Å². The van der Waals surface area contributed by atoms with E-state index in [0.717, 1.165) is 4.31 Å². The van der Waals surface area contributed by atoms with Crippen LogP contribution in [0.15, 0.2) is 65.6 Å². The van der Waals surface area contributed by atoms with Gasteiger partial charge in [0, 0.05) is 6.42 Å². The molecule has 24 heavy (non-hydrogen) atoms. The van der Waals surface area contributed by atoms with Crippen LogP contribution in [-0.4, -0.2) is 37.3 Å². The van der Waals surface area contributed by atoms with E-state index in [1.807, 2.05) is 18.2 Å². The number of nitrogens with two attached hydrogens (primary N) is 1. The summed E-state index contributed by atoms with van der Waals surface area (Å²) in [5.41, 5.74) is 5.42. The maximum absolute atomic E-state index is 12.8. The van der Waals surface area contributed by atoms with Crippen molar-refractivity contribution in [2.24, 2.45) is 5.73 Å². The standard InChI is InChI=1S/C17H18N2O4S/c18-17(20)16-11-14(23-13-7-3-1-4-8-13)12-19(16)24(21,22)15-9-5-2-6-10-15/h1-10,14,16H,11-12H2,(H2,18,20)/t14-,16-/m0/s1. The number of hydrogen-bond acceptors (Lipinski definition) is 4. The molecule has 3 rings (SSSR count). The van der Waals surface area contributed by atoms with Crippen molar-refractivity contribution in [2.75, 3.05) is 6.54 Å². The number of sulfonamides is 1. The Bertz CT molecular complexity index is 809. The molecule has 126 valence electrons. The first-order chi connectivity index (χ1) is 11.5. The molecule has 1 heterocycles. The molecule has 0 aromatic heterocycles. The molecule has 2 aromatic rings. The van der Waals surface area contributed by atoms with E-state index in [2.05, 4.69) is 0 Å². The highest BCUT2D eigenvalue weighted by Crippen LogP contribution is 2.28. The Morgan fingerprint density at radius 2 is 1.62 bits per heavy atom. The van der Waals surface area contributed by atoms with Gasteiger partial charge in [0.1, 0.15) is 17.9 Å². The summed E-state index contributed by atoms with van der Waals surface area (Å²) in [6.45, 7) is 0.0831. The lowest BCUT2D eigenvalue weighted by molar-refractivity contribution is -0.121. The highest BCUT2D eigenvalue weighted by Gasteiger charge is 2.44. The number of amides is 1. The molecule has 0 radical (unpaired) electrons. The van der Waals surface area contributed by atoms with E-state index >= 15 is 0 Å². The second-order valence-electron chi connectivity index (χ2n) is 5.59. The predicted molar refractivity (Wildman–Crippen MR) is 88.8 cm³/mol. The molecule has 7 heteroatoms. The van der Waals surface area contributed by atoms with Crippen LogP contribution in [0, 0.1) is 0 Å². The van der Waals surface area contributed by atoms with Crippen molar-refractivity contribution >= 4 is 15.9 Å². The number of ether oxygens (including phenoxy) is 1. The fourth-order valence-corrected chi connectivity index (χ4v) is 4.46. The lowest BCUT2D eigenvalue weighted by Crippen LogP contribution is -2.43. The van der Waals surface area contributed by atoms with Crippen LogP contribution in [-0.2, 0) is 14.8 Å². The van der Waals surface area contributed by atoms with E-state index in [4.69, 9.17) is 10.5 Å². The van der Waals surface area contributed by atoms with Crippen LogP contribution in [0.4, 0.5) is 0 Å². The molecule has 1 saturated heterocycles. The topological polar surface area (TPSA) is 89.7 Å². The van der Waals surface area contributed by atoms with Gasteiger partial charge < -0.3 is 10.5 Å². The largest absolute Gasteiger partial charge is 0.489 e. The molecular formula is C17H18N2O4S. The highest BCUT2D eigenvalue weighted by atomic mass is 32.2. The first-order valence-corrected chi connectivity index (χ1v) is 9.00. The van der Waals surface area contributed by atoms with E-state index in [9.17, 15) is 13.2 Å². The Morgan fingerprint density at radius 3 is 2.21 bits per heavy atom. The SMILES string of the molecule is NC(=O)[C@@H]1C[C@H](Oc2ccccc2)CN1S(=O)(=O)c1ccccc1. The Labute approximate surface area is 140 Å². The summed E-state index contributed by atoms with van der Waals surface area (Å²) in [7, 11) is -3.81. The number of para-hydroxylation sites is 1. The van der Waals surface area contributed by atoms with Gasteiger partial charge in [-0.3, -0.25) is 4.79 Å². The van der Waals surface area contributed by atoms with Crippen molar-refractivity contribution in [3.8, 4) is 5.75 Å². The molecule has 2 aromatic carbocycles. The molecule has 1 amide bonds. The van der Waals surface area contributed by atoms with Gasteiger partial charge in [0.25, 0.3) is 0 Å². The molecule has 2 N–H and O–H groups in total. The maximum atomic E-state index is 12.8. The van der Waals surface area contributed by atoms with Crippen LogP contribution in [0.1, 0.15) is 6.42 Å². The Kier molecular flexibility index (Phi) is 4.55. The fraction of sp³-hybridized carbons (Fsp3) is 0.235. The first-order valence-electron chi connectivity index (χ1n) is 7.56. The van der Waals surface area contributed by atoms with Crippen molar-refractivity contribution in [3.05, 3.63) is 60.7 Å². The van der Waals surface area contributed by atoms with E-state index in [1.54, 1.807) is 30.3 Å². The summed E-state index contributed by atoms with van der Waals surface area (Å²) in [6, 6.07) is 16.2. The lowest BCUT2D eigenvalue weighted by Gasteiger charge is -2.21. The third-order valence-corrected chi connectivity index (χ3v) is 5.83. The molecule has 0 unspecified atom stereocenters. The van der Waals surface area contributed by atoms with Gasteiger partial charge in [0.15, 0.2) is 0 Å². The molecule has 6 nitrogen and oxygen atoms in total. The number of primary amides is 1. The zero-order chi connectivity index (χ0) is 17.2. The third kappa shape index (κ3) is 3.27. The third-order valence-electron chi connectivity index (χ3n) is 3.94. The van der Waals surface area contributed by atoms with Crippen molar-refractivity contribution in [1.29, 1.82) is 0 Å². The van der Waals surface area contributed by atoms with Gasteiger partial charge in [-0.2, -0.15) is 4.31 Å². The molecule has 2 atom stereocenters. The van der Waals surface area contributed by atoms with Gasteiger partial charge in [-0.1, -0.05) is 36.4 Å². The molecule has 0 saturated carbocycles. The monoisotopic (exact) mass is 346 g/mol. The van der Waals surface area contributed by atoms with E-state index < -0.39 is 28.1 Å². The average Bonchev–Trinajstić information content (AvgIpc) is 3.01. The molecular weight excluding hydrogens is 328 g/mol. The molecule has 0 bridgehead atoms. The van der Waals surface area contributed by atoms with E-state index in [1.165, 1.54) is 12.1 Å². The number of benzene rings is 2. The predicted octanol–water partition coefficient (Wildman–Crippen LogP) is 1.38. The molecule has 1 aliphatic rings. The Hall–Kier alpha value is -2.38. The number of hydrogen-bond donors (Lipinski definition) is 1. The maximum Gasteiger partial charge on any atom is 0.243 e. The zero-order valence-electron chi connectivity index (χ0n) is 12.9. The summed E-state index contributed by atoms with van der Waals surface area (Å²) < 4.78 is 32.6. The van der Waals surface area contributed by atoms with Crippen LogP contribution in [0.3, 0.4) is 0 Å². The second-order valence-corrected chi connectivity index (χ2v) is 7.49. The highest BCUT2D eigenvalue weighted by molar-refractivity contribution is 7.89. The fourth-order valence-electron chi connectivity index (χ4n) is 2.80. The van der Waals surface area contributed by atoms with Crippen molar-refractivity contribution < 1.29 is 17.9 Å². The van der Waals surface area contributed by atoms with E-state index in [0.29, 0.717) is 5.75 Å². The van der Waals surface area contributed by atoms with Crippen LogP contribution in [0.2, 0.25) is 0 Å². The second kappa shape index (κ2) is 6.62. The summed E-state index contributed by atoms with van der Waals surface area (Å²) in [5.74, 6) is -0.0432. The minimum Gasteiger partial charge on any atom is -0.489 e. The van der Waals surface area contributed by atoms with Crippen LogP contribution in [0.25, 0.3) is 0 Å². The quantitative estimate of drug-likeness (QED) is 0.886. The lowest BCUT2D eigenvalue weighted by atomic mass is 10.2. The van der Waals surface area contributed by atoms with Gasteiger partial charge in [-0.15, -0.1) is 0 Å². The van der Waals surface area contributed by atoms with Gasteiger partial charge in [-0.05, 0) is 24.3 Å². The summed E-state index contributed by atoms with van der Waals surface area (Å²) >= 11 is 0. The molecule has 1 fully saturated rings. The van der Waals surface area contributed by atoms with Gasteiger partial charge in [0.2, 0.25) is 15.9 Å². The average molecular weight is 346 g/mol. The Balaban J connectivity index is 1.85. The van der Waals surface area contributed by atoms with Gasteiger partial charge in [0.05, 0.1) is 11.4 Å². The molecule has 0 aliphatic carbocycles. The first kappa shape index (κ1) is 16.5. The van der Waals surface area contributed by atoms with Crippen molar-refractivity contribution in [3.63, 3.8) is 0 Å². The molecule has 1 aliphatic heterocycles. The zero-order valence-corrected chi connectivity index (χ0v) is 13.7. The Morgan fingerprint density at radius 1 is 1.04 bits per heavy atom. The summed E-state index contributed by atoms with van der Waals surface area (Å²) in [4.78, 5) is 11.9. The van der Waals surface area contributed by atoms with Gasteiger partial charge >= 0.3 is 0 Å². The van der Waals surface area contributed by atoms with Crippen LogP contribution < -0.4 is 10.5 Å². The minimum atomic E-state index is -3.81. The summed E-state index contributed by atoms with van der Waals surface area (Å²) in [6.07, 6.45) is -0.195. The minimum absolute atomic E-state index is 0.0831. The van der Waals surface area contributed by atoms with Crippen LogP contribution in [0.5, 0.6) is 5.75 Å². The number of carbonyl (C=O) groups excluding carboxylic acids is 1. The van der Waals surface area contributed by atoms with Crippen molar-refractivity contribution in [2.45, 2.75) is 23.5 Å². The number of nitrogens with zero attached hydrogens (tertiary/aromatic N) is 1. The molecule has 0 spiro atoms. The smallest absolute Gasteiger partial charge is 0.243 e. The van der Waals surface area contributed by atoms with Gasteiger partial charge in [-0.25, -0.2) is 8.42 Å². The summed E-state index contributed by atoms with van der Waals surface area (Å²) in [5, 5.41) is 0.